The van der Waals surface area contributed by atoms with Crippen LogP contribution in [-0.4, -0.2) is 13.2 Å². The van der Waals surface area contributed by atoms with Crippen LogP contribution in [0.25, 0.3) is 0 Å². The second-order valence-electron chi connectivity index (χ2n) is 4.86. The van der Waals surface area contributed by atoms with Crippen molar-refractivity contribution in [2.75, 3.05) is 13.2 Å². The van der Waals surface area contributed by atoms with Crippen LogP contribution < -0.4 is 10.1 Å². The number of ether oxygens (including phenoxy) is 1. The van der Waals surface area contributed by atoms with Gasteiger partial charge >= 0.3 is 0 Å². The third kappa shape index (κ3) is 4.83. The second-order valence-corrected chi connectivity index (χ2v) is 4.86. The Kier molecular flexibility index (Phi) is 5.69. The van der Waals surface area contributed by atoms with Gasteiger partial charge in [-0.2, -0.15) is 0 Å². The molecule has 2 nitrogen and oxygen atoms in total. The molecule has 0 amide bonds. The highest BCUT2D eigenvalue weighted by Crippen LogP contribution is 2.15. The fourth-order valence-corrected chi connectivity index (χ4v) is 2.00. The van der Waals surface area contributed by atoms with E-state index in [1.54, 1.807) is 6.07 Å². The molecular formula is C17H19F2NO. The Morgan fingerprint density at radius 3 is 2.52 bits per heavy atom. The van der Waals surface area contributed by atoms with E-state index in [1.807, 2.05) is 37.3 Å². The van der Waals surface area contributed by atoms with Gasteiger partial charge in [-0.05, 0) is 49.7 Å². The summed E-state index contributed by atoms with van der Waals surface area (Å²) in [4.78, 5) is 0. The molecule has 0 fully saturated rings. The van der Waals surface area contributed by atoms with Crippen LogP contribution in [0.5, 0.6) is 5.75 Å². The highest BCUT2D eigenvalue weighted by Gasteiger charge is 2.08. The number of rotatable bonds is 7. The lowest BCUT2D eigenvalue weighted by molar-refractivity contribution is 0.305. The van der Waals surface area contributed by atoms with Gasteiger partial charge in [0.05, 0.1) is 6.61 Å². The van der Waals surface area contributed by atoms with Crippen molar-refractivity contribution >= 4 is 0 Å². The lowest BCUT2D eigenvalue weighted by Gasteiger charge is -2.14. The molecule has 0 aromatic heterocycles. The van der Waals surface area contributed by atoms with Crippen molar-refractivity contribution in [3.8, 4) is 5.75 Å². The normalized spacial score (nSPS) is 12.1. The molecule has 0 aliphatic carbocycles. The molecule has 1 atom stereocenters. The predicted octanol–water partition coefficient (Wildman–Crippen LogP) is 4.08. The fraction of sp³-hybridized carbons (Fsp3) is 0.294. The van der Waals surface area contributed by atoms with Gasteiger partial charge in [0, 0.05) is 6.04 Å². The van der Waals surface area contributed by atoms with Gasteiger partial charge in [-0.1, -0.05) is 24.3 Å². The summed E-state index contributed by atoms with van der Waals surface area (Å²) in [6.45, 7) is 3.28. The van der Waals surface area contributed by atoms with Crippen molar-refractivity contribution in [2.45, 2.75) is 19.4 Å². The second kappa shape index (κ2) is 7.74. The monoisotopic (exact) mass is 291 g/mol. The van der Waals surface area contributed by atoms with Crippen LogP contribution in [0.2, 0.25) is 0 Å². The molecule has 0 heterocycles. The first kappa shape index (κ1) is 15.4. The number of hydrogen-bond donors (Lipinski definition) is 1. The minimum atomic E-state index is -0.817. The SMILES string of the molecule is CC(NCCCOc1ccccc1)c1ccc(F)c(F)c1. The van der Waals surface area contributed by atoms with Crippen LogP contribution in [0.15, 0.2) is 48.5 Å². The van der Waals surface area contributed by atoms with Gasteiger partial charge in [0.2, 0.25) is 0 Å². The third-order valence-electron chi connectivity index (χ3n) is 3.23. The van der Waals surface area contributed by atoms with Gasteiger partial charge in [0.25, 0.3) is 0 Å². The zero-order valence-electron chi connectivity index (χ0n) is 12.0. The Hall–Kier alpha value is -1.94. The molecular weight excluding hydrogens is 272 g/mol. The quantitative estimate of drug-likeness (QED) is 0.776. The van der Waals surface area contributed by atoms with Crippen molar-refractivity contribution in [1.29, 1.82) is 0 Å². The smallest absolute Gasteiger partial charge is 0.159 e. The van der Waals surface area contributed by atoms with Crippen LogP contribution in [0.1, 0.15) is 24.9 Å². The van der Waals surface area contributed by atoms with Crippen molar-refractivity contribution in [3.63, 3.8) is 0 Å². The Bertz CT molecular complexity index is 560. The summed E-state index contributed by atoms with van der Waals surface area (Å²) in [6.07, 6.45) is 0.836. The summed E-state index contributed by atoms with van der Waals surface area (Å²) >= 11 is 0. The lowest BCUT2D eigenvalue weighted by Crippen LogP contribution is -2.21. The summed E-state index contributed by atoms with van der Waals surface area (Å²) < 4.78 is 31.6. The van der Waals surface area contributed by atoms with E-state index in [1.165, 1.54) is 6.07 Å². The topological polar surface area (TPSA) is 21.3 Å². The van der Waals surface area contributed by atoms with Gasteiger partial charge < -0.3 is 10.1 Å². The van der Waals surface area contributed by atoms with Crippen LogP contribution in [0, 0.1) is 11.6 Å². The highest BCUT2D eigenvalue weighted by atomic mass is 19.2. The molecule has 1 unspecified atom stereocenters. The summed E-state index contributed by atoms with van der Waals surface area (Å²) in [5, 5.41) is 3.26. The molecule has 1 N–H and O–H groups in total. The van der Waals surface area contributed by atoms with Gasteiger partial charge in [-0.25, -0.2) is 8.78 Å². The van der Waals surface area contributed by atoms with Crippen molar-refractivity contribution in [1.82, 2.24) is 5.32 Å². The van der Waals surface area contributed by atoms with Crippen LogP contribution >= 0.6 is 0 Å². The Morgan fingerprint density at radius 2 is 1.81 bits per heavy atom. The number of nitrogens with one attached hydrogen (secondary N) is 1. The minimum absolute atomic E-state index is 0.0307. The summed E-state index contributed by atoms with van der Waals surface area (Å²) in [5.41, 5.74) is 0.734. The van der Waals surface area contributed by atoms with Crippen molar-refractivity contribution in [2.24, 2.45) is 0 Å². The Morgan fingerprint density at radius 1 is 1.05 bits per heavy atom. The molecule has 0 aliphatic rings. The zero-order chi connectivity index (χ0) is 15.1. The molecule has 2 aromatic rings. The Labute approximate surface area is 123 Å². The Balaban J connectivity index is 1.69. The molecule has 0 saturated heterocycles. The van der Waals surface area contributed by atoms with E-state index in [4.69, 9.17) is 4.74 Å². The van der Waals surface area contributed by atoms with Crippen molar-refractivity contribution in [3.05, 3.63) is 65.7 Å². The van der Waals surface area contributed by atoms with Crippen molar-refractivity contribution < 1.29 is 13.5 Å². The van der Waals surface area contributed by atoms with E-state index in [2.05, 4.69) is 5.32 Å². The maximum atomic E-state index is 13.1. The van der Waals surface area contributed by atoms with E-state index >= 15 is 0 Å². The first-order valence-electron chi connectivity index (χ1n) is 7.03. The van der Waals surface area contributed by atoms with E-state index in [0.29, 0.717) is 6.61 Å². The summed E-state index contributed by atoms with van der Waals surface area (Å²) in [7, 11) is 0. The van der Waals surface area contributed by atoms with Crippen LogP contribution in [-0.2, 0) is 0 Å². The molecule has 0 radical (unpaired) electrons. The molecule has 0 spiro atoms. The van der Waals surface area contributed by atoms with E-state index in [-0.39, 0.29) is 6.04 Å². The zero-order valence-corrected chi connectivity index (χ0v) is 12.0. The number of halogens is 2. The molecule has 0 saturated carbocycles. The molecule has 2 aromatic carbocycles. The van der Waals surface area contributed by atoms with E-state index in [0.717, 1.165) is 30.3 Å². The lowest BCUT2D eigenvalue weighted by atomic mass is 10.1. The van der Waals surface area contributed by atoms with E-state index < -0.39 is 11.6 Å². The number of para-hydroxylation sites is 1. The molecule has 21 heavy (non-hydrogen) atoms. The largest absolute Gasteiger partial charge is 0.494 e. The maximum Gasteiger partial charge on any atom is 0.159 e. The molecule has 0 aliphatic heterocycles. The predicted molar refractivity (Wildman–Crippen MR) is 79.3 cm³/mol. The third-order valence-corrected chi connectivity index (χ3v) is 3.23. The summed E-state index contributed by atoms with van der Waals surface area (Å²) in [6, 6.07) is 13.6. The van der Waals surface area contributed by atoms with Crippen LogP contribution in [0.4, 0.5) is 8.78 Å². The molecule has 0 bridgehead atoms. The van der Waals surface area contributed by atoms with E-state index in [9.17, 15) is 8.78 Å². The van der Waals surface area contributed by atoms with Gasteiger partial charge in [0.15, 0.2) is 11.6 Å². The van der Waals surface area contributed by atoms with Gasteiger partial charge in [0.1, 0.15) is 5.75 Å². The van der Waals surface area contributed by atoms with Gasteiger partial charge in [-0.3, -0.25) is 0 Å². The minimum Gasteiger partial charge on any atom is -0.494 e. The average molecular weight is 291 g/mol. The number of hydrogen-bond acceptors (Lipinski definition) is 2. The fourth-order valence-electron chi connectivity index (χ4n) is 2.00. The molecule has 4 heteroatoms. The standard InChI is InChI=1S/C17H19F2NO/c1-13(14-8-9-16(18)17(19)12-14)20-10-5-11-21-15-6-3-2-4-7-15/h2-4,6-9,12-13,20H,5,10-11H2,1H3. The molecule has 2 rings (SSSR count). The highest BCUT2D eigenvalue weighted by molar-refractivity contribution is 5.21. The van der Waals surface area contributed by atoms with Crippen LogP contribution in [0.3, 0.4) is 0 Å². The molecule has 112 valence electrons. The van der Waals surface area contributed by atoms with Gasteiger partial charge in [-0.15, -0.1) is 0 Å². The average Bonchev–Trinajstić information content (AvgIpc) is 2.50. The first-order chi connectivity index (χ1) is 10.2. The maximum absolute atomic E-state index is 13.1. The summed E-state index contributed by atoms with van der Waals surface area (Å²) in [5.74, 6) is -0.776. The number of benzene rings is 2. The first-order valence-corrected chi connectivity index (χ1v) is 7.03.